The Kier molecular flexibility index (Phi) is 4.93. The number of nitrogens with one attached hydrogen (secondary N) is 1. The van der Waals surface area contributed by atoms with Crippen molar-refractivity contribution in [3.05, 3.63) is 65.5 Å². The van der Waals surface area contributed by atoms with Gasteiger partial charge in [0.15, 0.2) is 0 Å². The highest BCUT2D eigenvalue weighted by atomic mass is 19.4. The van der Waals surface area contributed by atoms with Gasteiger partial charge in [-0.05, 0) is 23.8 Å². The molecule has 1 N–H and O–H groups in total. The van der Waals surface area contributed by atoms with Crippen molar-refractivity contribution in [2.75, 3.05) is 0 Å². The first-order valence-electron chi connectivity index (χ1n) is 6.55. The van der Waals surface area contributed by atoms with E-state index in [4.69, 9.17) is 0 Å². The predicted molar refractivity (Wildman–Crippen MR) is 71.3 cm³/mol. The van der Waals surface area contributed by atoms with E-state index in [2.05, 4.69) is 10.3 Å². The van der Waals surface area contributed by atoms with E-state index < -0.39 is 29.5 Å². The van der Waals surface area contributed by atoms with Crippen LogP contribution < -0.4 is 5.32 Å². The lowest BCUT2D eigenvalue weighted by Crippen LogP contribution is -2.35. The lowest BCUT2D eigenvalue weighted by molar-refractivity contribution is -0.163. The Morgan fingerprint density at radius 2 is 1.57 bits per heavy atom. The lowest BCUT2D eigenvalue weighted by Gasteiger charge is -2.25. The van der Waals surface area contributed by atoms with E-state index in [1.54, 1.807) is 12.1 Å². The molecule has 1 aromatic heterocycles. The van der Waals surface area contributed by atoms with Crippen LogP contribution in [0.15, 0.2) is 48.7 Å². The number of hydrogen-bond donors (Lipinski definition) is 1. The van der Waals surface area contributed by atoms with Crippen LogP contribution in [0.3, 0.4) is 0 Å². The van der Waals surface area contributed by atoms with Crippen molar-refractivity contribution >= 4 is 0 Å². The molecule has 0 radical (unpaired) electrons. The number of nitrogens with zero attached hydrogens (tertiary/aromatic N) is 1. The van der Waals surface area contributed by atoms with Gasteiger partial charge < -0.3 is 0 Å². The molecule has 0 spiro atoms. The molecule has 23 heavy (non-hydrogen) atoms. The van der Waals surface area contributed by atoms with Gasteiger partial charge in [-0.25, -0.2) is 0 Å². The number of alkyl halides is 6. The second-order valence-corrected chi connectivity index (χ2v) is 4.76. The van der Waals surface area contributed by atoms with E-state index in [1.165, 1.54) is 12.3 Å². The van der Waals surface area contributed by atoms with E-state index in [-0.39, 0.29) is 6.54 Å². The predicted octanol–water partition coefficient (Wildman–Crippen LogP) is 4.49. The van der Waals surface area contributed by atoms with Crippen LogP contribution in [0, 0.1) is 0 Å². The molecule has 0 saturated carbocycles. The quantitative estimate of drug-likeness (QED) is 0.833. The molecule has 8 heteroatoms. The molecular formula is C15H12F6N2. The Morgan fingerprint density at radius 1 is 0.913 bits per heavy atom. The fraction of sp³-hybridized carbons (Fsp3) is 0.267. The number of hydrogen-bond acceptors (Lipinski definition) is 2. The number of halogens is 6. The second kappa shape index (κ2) is 6.57. The fourth-order valence-corrected chi connectivity index (χ4v) is 2.12. The zero-order valence-corrected chi connectivity index (χ0v) is 11.6. The molecule has 1 heterocycles. The maximum atomic E-state index is 13.2. The highest BCUT2D eigenvalue weighted by Gasteiger charge is 2.45. The Bertz CT molecular complexity index is 636. The van der Waals surface area contributed by atoms with E-state index in [0.717, 1.165) is 18.2 Å². The van der Waals surface area contributed by atoms with Gasteiger partial charge in [0, 0.05) is 12.7 Å². The first kappa shape index (κ1) is 17.3. The summed E-state index contributed by atoms with van der Waals surface area (Å²) in [5, 5.41) is 2.12. The number of rotatable bonds is 4. The monoisotopic (exact) mass is 334 g/mol. The van der Waals surface area contributed by atoms with Crippen molar-refractivity contribution in [3.8, 4) is 0 Å². The van der Waals surface area contributed by atoms with Crippen LogP contribution in [0.25, 0.3) is 0 Å². The zero-order chi connectivity index (χ0) is 17.1. The van der Waals surface area contributed by atoms with Crippen LogP contribution in [0.4, 0.5) is 26.3 Å². The van der Waals surface area contributed by atoms with Crippen molar-refractivity contribution in [2.24, 2.45) is 0 Å². The summed E-state index contributed by atoms with van der Waals surface area (Å²) in [6, 6.07) is 5.87. The molecule has 124 valence electrons. The fourth-order valence-electron chi connectivity index (χ4n) is 2.12. The molecule has 0 aliphatic carbocycles. The van der Waals surface area contributed by atoms with Gasteiger partial charge in [-0.15, -0.1) is 0 Å². The summed E-state index contributed by atoms with van der Waals surface area (Å²) in [5.74, 6) is 0. The Labute approximate surface area is 128 Å². The van der Waals surface area contributed by atoms with Gasteiger partial charge in [0.1, 0.15) is 6.04 Å². The third-order valence-electron chi connectivity index (χ3n) is 3.12. The summed E-state index contributed by atoms with van der Waals surface area (Å²) in [5.41, 5.74) is -1.87. The number of benzene rings is 1. The summed E-state index contributed by atoms with van der Waals surface area (Å²) in [6.07, 6.45) is -8.35. The Balaban J connectivity index is 2.33. The van der Waals surface area contributed by atoms with Gasteiger partial charge in [-0.1, -0.05) is 24.3 Å². The molecule has 0 aliphatic heterocycles. The molecule has 0 saturated heterocycles. The topological polar surface area (TPSA) is 24.9 Å². The highest BCUT2D eigenvalue weighted by molar-refractivity contribution is 5.33. The zero-order valence-electron chi connectivity index (χ0n) is 11.6. The van der Waals surface area contributed by atoms with Gasteiger partial charge in [0.25, 0.3) is 0 Å². The molecule has 2 aromatic rings. The number of aromatic nitrogens is 1. The first-order valence-corrected chi connectivity index (χ1v) is 6.55. The van der Waals surface area contributed by atoms with Crippen LogP contribution in [0.2, 0.25) is 0 Å². The van der Waals surface area contributed by atoms with Crippen LogP contribution >= 0.6 is 0 Å². The molecule has 0 fully saturated rings. The van der Waals surface area contributed by atoms with Crippen LogP contribution in [-0.4, -0.2) is 11.2 Å². The van der Waals surface area contributed by atoms with Gasteiger partial charge in [-0.3, -0.25) is 10.3 Å². The maximum absolute atomic E-state index is 13.2. The average molecular weight is 334 g/mol. The van der Waals surface area contributed by atoms with E-state index in [0.29, 0.717) is 11.8 Å². The van der Waals surface area contributed by atoms with E-state index >= 15 is 0 Å². The third-order valence-corrected chi connectivity index (χ3v) is 3.12. The minimum Gasteiger partial charge on any atom is -0.297 e. The van der Waals surface area contributed by atoms with Crippen LogP contribution in [0.1, 0.15) is 22.9 Å². The molecule has 0 amide bonds. The summed E-state index contributed by atoms with van der Waals surface area (Å²) in [6.45, 7) is -0.308. The molecule has 2 rings (SSSR count). The molecule has 0 unspecified atom stereocenters. The molecule has 2 nitrogen and oxygen atoms in total. The van der Waals surface area contributed by atoms with Crippen molar-refractivity contribution in [1.82, 2.24) is 10.3 Å². The van der Waals surface area contributed by atoms with Crippen molar-refractivity contribution in [1.29, 1.82) is 0 Å². The van der Waals surface area contributed by atoms with Gasteiger partial charge in [0.05, 0.1) is 11.3 Å². The van der Waals surface area contributed by atoms with Crippen molar-refractivity contribution in [2.45, 2.75) is 24.9 Å². The third kappa shape index (κ3) is 4.44. The Morgan fingerprint density at radius 3 is 2.13 bits per heavy atom. The van der Waals surface area contributed by atoms with Gasteiger partial charge in [-0.2, -0.15) is 26.3 Å². The van der Waals surface area contributed by atoms with Crippen molar-refractivity contribution in [3.63, 3.8) is 0 Å². The summed E-state index contributed by atoms with van der Waals surface area (Å²) in [7, 11) is 0. The number of pyridine rings is 1. The van der Waals surface area contributed by atoms with E-state index in [1.807, 2.05) is 0 Å². The average Bonchev–Trinajstić information content (AvgIpc) is 2.46. The molecule has 0 bridgehead atoms. The highest BCUT2D eigenvalue weighted by Crippen LogP contribution is 2.40. The first-order chi connectivity index (χ1) is 10.7. The van der Waals surface area contributed by atoms with Gasteiger partial charge >= 0.3 is 12.4 Å². The van der Waals surface area contributed by atoms with Gasteiger partial charge in [0.2, 0.25) is 0 Å². The molecule has 0 aliphatic rings. The largest absolute Gasteiger partial charge is 0.416 e. The van der Waals surface area contributed by atoms with Crippen molar-refractivity contribution < 1.29 is 26.3 Å². The smallest absolute Gasteiger partial charge is 0.297 e. The standard InChI is InChI=1S/C15H12F6N2/c16-14(17,18)12-7-2-1-6-11(12)13(15(19,20)21)23-9-10-5-3-4-8-22-10/h1-8,13,23H,9H2/t13-/m1/s1. The SMILES string of the molecule is FC(F)(F)c1ccccc1[C@@H](NCc1ccccn1)C(F)(F)F. The van der Waals surface area contributed by atoms with Crippen LogP contribution in [0.5, 0.6) is 0 Å². The maximum Gasteiger partial charge on any atom is 0.416 e. The summed E-state index contributed by atoms with van der Waals surface area (Å²) in [4.78, 5) is 3.85. The molecule has 1 aromatic carbocycles. The summed E-state index contributed by atoms with van der Waals surface area (Å²) >= 11 is 0. The minimum absolute atomic E-state index is 0.297. The summed E-state index contributed by atoms with van der Waals surface area (Å²) < 4.78 is 78.5. The van der Waals surface area contributed by atoms with E-state index in [9.17, 15) is 26.3 Å². The van der Waals surface area contributed by atoms with Crippen LogP contribution in [-0.2, 0) is 12.7 Å². The molecular weight excluding hydrogens is 322 g/mol. The Hall–Kier alpha value is -2.09. The lowest BCUT2D eigenvalue weighted by atomic mass is 9.99. The minimum atomic E-state index is -4.88. The molecule has 1 atom stereocenters. The second-order valence-electron chi connectivity index (χ2n) is 4.76. The normalized spacial score (nSPS) is 13.8.